The Morgan fingerprint density at radius 1 is 0.769 bits per heavy atom. The van der Waals surface area contributed by atoms with Crippen molar-refractivity contribution in [1.29, 1.82) is 0 Å². The van der Waals surface area contributed by atoms with Gasteiger partial charge in [-0.1, -0.05) is 0 Å². The van der Waals surface area contributed by atoms with Gasteiger partial charge in [0.1, 0.15) is 0 Å². The zero-order valence-electron chi connectivity index (χ0n) is 14.9. The summed E-state index contributed by atoms with van der Waals surface area (Å²) in [5.74, 6) is -2.30. The van der Waals surface area contributed by atoms with Crippen LogP contribution in [0.15, 0.2) is 24.3 Å². The molecule has 0 saturated carbocycles. The first kappa shape index (κ1) is 19.5. The molecule has 0 heterocycles. The molecule has 2 aromatic rings. The maximum absolute atomic E-state index is 10.3. The molecule has 2 aromatic carbocycles. The molecule has 0 saturated heterocycles. The summed E-state index contributed by atoms with van der Waals surface area (Å²) in [7, 11) is 2.96. The number of ether oxygens (including phenoxy) is 2. The van der Waals surface area contributed by atoms with Crippen molar-refractivity contribution in [1.82, 2.24) is 0 Å². The SMILES string of the molecule is COC(C)c1cc(O)c(O)c(OOc2c(O)ccc(C(C)OC)c2O)c1. The Bertz CT molecular complexity index is 774. The van der Waals surface area contributed by atoms with Crippen LogP contribution in [0.25, 0.3) is 0 Å². The van der Waals surface area contributed by atoms with Gasteiger partial charge in [-0.05, 0) is 43.7 Å². The monoisotopic (exact) mass is 366 g/mol. The van der Waals surface area contributed by atoms with E-state index in [9.17, 15) is 20.4 Å². The lowest BCUT2D eigenvalue weighted by molar-refractivity contribution is -0.105. The van der Waals surface area contributed by atoms with Crippen molar-refractivity contribution >= 4 is 0 Å². The van der Waals surface area contributed by atoms with E-state index in [1.807, 2.05) is 0 Å². The molecule has 26 heavy (non-hydrogen) atoms. The minimum atomic E-state index is -0.558. The van der Waals surface area contributed by atoms with Crippen LogP contribution in [0.5, 0.6) is 34.5 Å². The van der Waals surface area contributed by atoms with Gasteiger partial charge in [0.05, 0.1) is 12.2 Å². The van der Waals surface area contributed by atoms with Gasteiger partial charge < -0.3 is 29.9 Å². The molecule has 0 aliphatic carbocycles. The second-order valence-corrected chi connectivity index (χ2v) is 5.66. The first-order chi connectivity index (χ1) is 12.3. The average Bonchev–Trinajstić information content (AvgIpc) is 2.63. The van der Waals surface area contributed by atoms with E-state index in [-0.39, 0.29) is 29.1 Å². The molecule has 0 aliphatic rings. The highest BCUT2D eigenvalue weighted by Crippen LogP contribution is 2.43. The minimum absolute atomic E-state index is 0.215. The molecular formula is C18H22O8. The first-order valence-corrected chi connectivity index (χ1v) is 7.80. The fourth-order valence-corrected chi connectivity index (χ4v) is 2.25. The normalized spacial score (nSPS) is 13.2. The highest BCUT2D eigenvalue weighted by atomic mass is 17.2. The highest BCUT2D eigenvalue weighted by Gasteiger charge is 2.21. The molecule has 8 nitrogen and oxygen atoms in total. The summed E-state index contributed by atoms with van der Waals surface area (Å²) in [6, 6.07) is 5.52. The maximum Gasteiger partial charge on any atom is 0.261 e. The number of methoxy groups -OCH3 is 2. The van der Waals surface area contributed by atoms with Gasteiger partial charge in [-0.25, -0.2) is 0 Å². The summed E-state index contributed by atoms with van der Waals surface area (Å²) in [5.41, 5.74) is 0.898. The molecule has 4 N–H and O–H groups in total. The van der Waals surface area contributed by atoms with Gasteiger partial charge in [0.2, 0.25) is 11.5 Å². The van der Waals surface area contributed by atoms with Crippen LogP contribution >= 0.6 is 0 Å². The third-order valence-corrected chi connectivity index (χ3v) is 4.05. The molecule has 142 valence electrons. The van der Waals surface area contributed by atoms with Gasteiger partial charge in [-0.15, -0.1) is 0 Å². The standard InChI is InChI=1S/C18H22O8/c1-9(23-3)11-7-14(20)17(22)15(8-11)25-26-18-13(19)6-5-12(16(18)21)10(2)24-4/h5-10,19-22H,1-4H3. The summed E-state index contributed by atoms with van der Waals surface area (Å²) >= 11 is 0. The molecule has 0 aromatic heterocycles. The lowest BCUT2D eigenvalue weighted by atomic mass is 10.1. The topological polar surface area (TPSA) is 118 Å². The lowest BCUT2D eigenvalue weighted by Crippen LogP contribution is -2.05. The van der Waals surface area contributed by atoms with Crippen molar-refractivity contribution in [2.24, 2.45) is 0 Å². The molecule has 2 unspecified atom stereocenters. The van der Waals surface area contributed by atoms with Crippen LogP contribution in [0.2, 0.25) is 0 Å². The molecule has 0 amide bonds. The Morgan fingerprint density at radius 3 is 2.04 bits per heavy atom. The van der Waals surface area contributed by atoms with Crippen LogP contribution in [0.4, 0.5) is 0 Å². The van der Waals surface area contributed by atoms with Crippen molar-refractivity contribution in [3.8, 4) is 34.5 Å². The summed E-state index contributed by atoms with van der Waals surface area (Å²) in [4.78, 5) is 10.1. The third-order valence-electron chi connectivity index (χ3n) is 4.05. The van der Waals surface area contributed by atoms with E-state index in [0.29, 0.717) is 11.1 Å². The third kappa shape index (κ3) is 3.87. The number of hydrogen-bond acceptors (Lipinski definition) is 8. The predicted molar refractivity (Wildman–Crippen MR) is 91.6 cm³/mol. The van der Waals surface area contributed by atoms with E-state index in [0.717, 1.165) is 0 Å². The van der Waals surface area contributed by atoms with Gasteiger partial charge in [0.25, 0.3) is 5.75 Å². The fourth-order valence-electron chi connectivity index (χ4n) is 2.25. The molecule has 0 spiro atoms. The molecular weight excluding hydrogens is 344 g/mol. The molecule has 0 bridgehead atoms. The van der Waals surface area contributed by atoms with Crippen molar-refractivity contribution in [2.75, 3.05) is 14.2 Å². The average molecular weight is 366 g/mol. The van der Waals surface area contributed by atoms with Crippen LogP contribution in [-0.4, -0.2) is 34.6 Å². The number of phenolic OH excluding ortho intramolecular Hbond substituents is 4. The molecule has 2 atom stereocenters. The molecule has 0 fully saturated rings. The van der Waals surface area contributed by atoms with Crippen LogP contribution in [0.3, 0.4) is 0 Å². The minimum Gasteiger partial charge on any atom is -0.504 e. The number of aromatic hydroxyl groups is 4. The van der Waals surface area contributed by atoms with Crippen molar-refractivity contribution in [3.05, 3.63) is 35.4 Å². The van der Waals surface area contributed by atoms with E-state index in [4.69, 9.17) is 19.2 Å². The van der Waals surface area contributed by atoms with E-state index < -0.39 is 17.6 Å². The van der Waals surface area contributed by atoms with Crippen LogP contribution in [0, 0.1) is 0 Å². The summed E-state index contributed by atoms with van der Waals surface area (Å²) < 4.78 is 10.3. The largest absolute Gasteiger partial charge is 0.504 e. The smallest absolute Gasteiger partial charge is 0.261 e. The Kier molecular flexibility index (Phi) is 6.01. The molecule has 0 aliphatic heterocycles. The van der Waals surface area contributed by atoms with Gasteiger partial charge in [-0.2, -0.15) is 0 Å². The van der Waals surface area contributed by atoms with E-state index >= 15 is 0 Å². The number of rotatable bonds is 7. The predicted octanol–water partition coefficient (Wildman–Crippen LogP) is 3.30. The highest BCUT2D eigenvalue weighted by molar-refractivity contribution is 5.55. The lowest BCUT2D eigenvalue weighted by Gasteiger charge is -2.16. The van der Waals surface area contributed by atoms with Crippen LogP contribution in [-0.2, 0) is 9.47 Å². The second-order valence-electron chi connectivity index (χ2n) is 5.66. The van der Waals surface area contributed by atoms with Crippen molar-refractivity contribution in [2.45, 2.75) is 26.1 Å². The Morgan fingerprint density at radius 2 is 1.42 bits per heavy atom. The second kappa shape index (κ2) is 8.03. The molecule has 2 rings (SSSR count). The van der Waals surface area contributed by atoms with Gasteiger partial charge >= 0.3 is 0 Å². The van der Waals surface area contributed by atoms with Crippen molar-refractivity contribution in [3.63, 3.8) is 0 Å². The number of phenols is 4. The quantitative estimate of drug-likeness (QED) is 0.335. The zero-order chi connectivity index (χ0) is 19.4. The van der Waals surface area contributed by atoms with Gasteiger partial charge in [0.15, 0.2) is 17.2 Å². The Hall–Kier alpha value is -2.84. The van der Waals surface area contributed by atoms with E-state index in [1.165, 1.54) is 38.5 Å². The van der Waals surface area contributed by atoms with Crippen LogP contribution < -0.4 is 9.78 Å². The maximum atomic E-state index is 10.3. The van der Waals surface area contributed by atoms with Crippen molar-refractivity contribution < 1.29 is 39.7 Å². The first-order valence-electron chi connectivity index (χ1n) is 7.80. The number of benzene rings is 2. The van der Waals surface area contributed by atoms with Crippen LogP contribution in [0.1, 0.15) is 37.2 Å². The summed E-state index contributed by atoms with van der Waals surface area (Å²) in [6.45, 7) is 3.44. The zero-order valence-corrected chi connectivity index (χ0v) is 14.9. The van der Waals surface area contributed by atoms with Gasteiger partial charge in [-0.3, -0.25) is 9.78 Å². The molecule has 0 radical (unpaired) electrons. The van der Waals surface area contributed by atoms with Gasteiger partial charge in [0, 0.05) is 19.8 Å². The number of hydrogen-bond donors (Lipinski definition) is 4. The Balaban J connectivity index is 2.33. The Labute approximate surface area is 150 Å². The fraction of sp³-hybridized carbons (Fsp3) is 0.333. The van der Waals surface area contributed by atoms with E-state index in [2.05, 4.69) is 0 Å². The molecule has 8 heteroatoms. The van der Waals surface area contributed by atoms with E-state index in [1.54, 1.807) is 13.8 Å². The summed E-state index contributed by atoms with van der Waals surface area (Å²) in [5, 5.41) is 39.9. The summed E-state index contributed by atoms with van der Waals surface area (Å²) in [6.07, 6.45) is -0.835.